The van der Waals surface area contributed by atoms with Gasteiger partial charge in [-0.05, 0) is 30.5 Å². The van der Waals surface area contributed by atoms with Crippen LogP contribution in [-0.2, 0) is 20.7 Å². The van der Waals surface area contributed by atoms with E-state index in [1.54, 1.807) is 19.2 Å². The summed E-state index contributed by atoms with van der Waals surface area (Å²) in [5.74, 6) is -1.46. The van der Waals surface area contributed by atoms with Gasteiger partial charge in [0.05, 0.1) is 6.10 Å². The Labute approximate surface area is 147 Å². The van der Waals surface area contributed by atoms with Gasteiger partial charge in [-0.2, -0.15) is 0 Å². The molecule has 0 unspecified atom stereocenters. The number of amides is 2. The average Bonchev–Trinajstić information content (AvgIpc) is 3.00. The summed E-state index contributed by atoms with van der Waals surface area (Å²) >= 11 is 0. The molecule has 3 atom stereocenters. The molecule has 5 nitrogen and oxygen atoms in total. The molecule has 1 aromatic rings. The van der Waals surface area contributed by atoms with Gasteiger partial charge < -0.3 is 15.0 Å². The number of likely N-dealkylation sites (N-methyl/N-ethyl adjacent to an activating group) is 1. The zero-order chi connectivity index (χ0) is 18.4. The lowest BCUT2D eigenvalue weighted by Gasteiger charge is -2.57. The van der Waals surface area contributed by atoms with E-state index in [0.29, 0.717) is 18.6 Å². The van der Waals surface area contributed by atoms with Crippen LogP contribution in [0.25, 0.3) is 0 Å². The Bertz CT molecular complexity index is 704. The molecule has 0 bridgehead atoms. The maximum Gasteiger partial charge on any atom is 0.313 e. The summed E-state index contributed by atoms with van der Waals surface area (Å²) in [5, 5.41) is 2.50. The van der Waals surface area contributed by atoms with Gasteiger partial charge in [0.1, 0.15) is 5.82 Å². The van der Waals surface area contributed by atoms with E-state index in [1.165, 1.54) is 11.0 Å². The van der Waals surface area contributed by atoms with Crippen molar-refractivity contribution >= 4 is 17.5 Å². The average molecular weight is 348 g/mol. The Balaban J connectivity index is 1.68. The molecule has 1 aliphatic carbocycles. The van der Waals surface area contributed by atoms with Crippen LogP contribution in [0, 0.1) is 17.2 Å². The lowest BCUT2D eigenvalue weighted by atomic mass is 9.57. The fourth-order valence-electron chi connectivity index (χ4n) is 4.47. The summed E-state index contributed by atoms with van der Waals surface area (Å²) < 4.78 is 19.6. The Hall–Kier alpha value is -1.95. The van der Waals surface area contributed by atoms with Crippen LogP contribution in [0.1, 0.15) is 32.8 Å². The monoisotopic (exact) mass is 348 g/mol. The van der Waals surface area contributed by atoms with Crippen LogP contribution in [0.3, 0.4) is 0 Å². The number of halogens is 1. The van der Waals surface area contributed by atoms with Crippen LogP contribution < -0.4 is 5.32 Å². The van der Waals surface area contributed by atoms with Gasteiger partial charge in [0, 0.05) is 36.7 Å². The van der Waals surface area contributed by atoms with Crippen molar-refractivity contribution in [3.63, 3.8) is 0 Å². The lowest BCUT2D eigenvalue weighted by Crippen LogP contribution is -2.67. The molecule has 1 aliphatic heterocycles. The Morgan fingerprint density at radius 3 is 2.76 bits per heavy atom. The van der Waals surface area contributed by atoms with Crippen LogP contribution in [-0.4, -0.2) is 42.5 Å². The number of carbonyl (C=O) groups excluding carboxylic acids is 2. The first kappa shape index (κ1) is 17.9. The highest BCUT2D eigenvalue weighted by molar-refractivity contribution is 6.39. The maximum atomic E-state index is 13.8. The maximum absolute atomic E-state index is 13.8. The van der Waals surface area contributed by atoms with E-state index in [0.717, 1.165) is 6.42 Å². The second kappa shape index (κ2) is 6.41. The van der Waals surface area contributed by atoms with Crippen molar-refractivity contribution < 1.29 is 18.7 Å². The van der Waals surface area contributed by atoms with Crippen LogP contribution in [0.5, 0.6) is 0 Å². The fraction of sp³-hybridized carbons (Fsp3) is 0.579. The van der Waals surface area contributed by atoms with E-state index in [4.69, 9.17) is 4.74 Å². The molecule has 0 aromatic heterocycles. The molecular weight excluding hydrogens is 323 g/mol. The van der Waals surface area contributed by atoms with Gasteiger partial charge in [-0.15, -0.1) is 0 Å². The van der Waals surface area contributed by atoms with Crippen molar-refractivity contribution in [2.75, 3.05) is 19.0 Å². The fourth-order valence-corrected chi connectivity index (χ4v) is 4.47. The normalized spacial score (nSPS) is 26.5. The molecule has 1 aromatic carbocycles. The van der Waals surface area contributed by atoms with Crippen LogP contribution >= 0.6 is 0 Å². The molecule has 2 fully saturated rings. The summed E-state index contributed by atoms with van der Waals surface area (Å²) in [4.78, 5) is 26.4. The van der Waals surface area contributed by atoms with Crippen molar-refractivity contribution in [2.45, 2.75) is 45.8 Å². The minimum Gasteiger partial charge on any atom is -0.377 e. The highest BCUT2D eigenvalue weighted by Crippen LogP contribution is 2.54. The Kier molecular flexibility index (Phi) is 4.58. The first-order valence-corrected chi connectivity index (χ1v) is 8.75. The van der Waals surface area contributed by atoms with Gasteiger partial charge in [-0.1, -0.05) is 26.8 Å². The molecule has 2 amide bonds. The summed E-state index contributed by atoms with van der Waals surface area (Å²) in [7, 11) is 1.66. The molecular formula is C19H25FN2O3. The number of hydrogen-bond donors (Lipinski definition) is 1. The minimum atomic E-state index is -0.746. The molecule has 1 saturated carbocycles. The molecule has 1 saturated heterocycles. The van der Waals surface area contributed by atoms with E-state index >= 15 is 0 Å². The number of benzene rings is 1. The Morgan fingerprint density at radius 1 is 1.40 bits per heavy atom. The largest absolute Gasteiger partial charge is 0.377 e. The van der Waals surface area contributed by atoms with Crippen molar-refractivity contribution in [1.82, 2.24) is 4.90 Å². The van der Waals surface area contributed by atoms with E-state index in [-0.39, 0.29) is 35.0 Å². The summed E-state index contributed by atoms with van der Waals surface area (Å²) in [6, 6.07) is 4.45. The van der Waals surface area contributed by atoms with E-state index in [9.17, 15) is 14.0 Å². The lowest BCUT2D eigenvalue weighted by molar-refractivity contribution is -0.169. The third kappa shape index (κ3) is 2.92. The zero-order valence-electron chi connectivity index (χ0n) is 15.1. The molecule has 0 spiro atoms. The number of nitrogens with one attached hydrogen (secondary N) is 1. The first-order valence-electron chi connectivity index (χ1n) is 8.75. The molecule has 0 radical (unpaired) electrons. The van der Waals surface area contributed by atoms with Gasteiger partial charge in [-0.3, -0.25) is 9.59 Å². The number of nitrogens with zero attached hydrogens (tertiary/aromatic N) is 1. The number of fused-ring (bicyclic) bond motifs is 1. The van der Waals surface area contributed by atoms with Gasteiger partial charge in [0.25, 0.3) is 0 Å². The third-order valence-corrected chi connectivity index (χ3v) is 5.66. The standard InChI is InChI=1S/C19H25FN2O3/c1-5-11-6-7-12(10-14(11)20)21-17(23)18(24)22(4)15-13-8-9-25-16(13)19(15,2)3/h6-7,10,13,15-16H,5,8-9H2,1-4H3,(H,21,23)/t13-,15+,16+/m0/s1. The third-order valence-electron chi connectivity index (χ3n) is 5.66. The van der Waals surface area contributed by atoms with Crippen LogP contribution in [0.15, 0.2) is 18.2 Å². The molecule has 136 valence electrons. The second-order valence-corrected chi connectivity index (χ2v) is 7.54. The van der Waals surface area contributed by atoms with Crippen molar-refractivity contribution in [2.24, 2.45) is 11.3 Å². The van der Waals surface area contributed by atoms with Crippen molar-refractivity contribution in [3.05, 3.63) is 29.6 Å². The van der Waals surface area contributed by atoms with E-state index in [2.05, 4.69) is 19.2 Å². The number of anilines is 1. The zero-order valence-corrected chi connectivity index (χ0v) is 15.1. The van der Waals surface area contributed by atoms with Gasteiger partial charge in [0.15, 0.2) is 0 Å². The first-order chi connectivity index (χ1) is 11.8. The van der Waals surface area contributed by atoms with Crippen molar-refractivity contribution in [1.29, 1.82) is 0 Å². The van der Waals surface area contributed by atoms with E-state index in [1.807, 2.05) is 6.92 Å². The highest BCUT2D eigenvalue weighted by Gasteiger charge is 2.61. The number of carbonyl (C=O) groups is 2. The van der Waals surface area contributed by atoms with Gasteiger partial charge >= 0.3 is 11.8 Å². The topological polar surface area (TPSA) is 58.6 Å². The molecule has 1 heterocycles. The molecule has 25 heavy (non-hydrogen) atoms. The summed E-state index contributed by atoms with van der Waals surface area (Å²) in [5.41, 5.74) is 0.683. The Morgan fingerprint density at radius 2 is 2.12 bits per heavy atom. The quantitative estimate of drug-likeness (QED) is 0.854. The molecule has 6 heteroatoms. The van der Waals surface area contributed by atoms with Gasteiger partial charge in [0.2, 0.25) is 0 Å². The van der Waals surface area contributed by atoms with Gasteiger partial charge in [-0.25, -0.2) is 4.39 Å². The SMILES string of the molecule is CCc1ccc(NC(=O)C(=O)N(C)[C@@H]2[C@@H]3CCO[C@H]3C2(C)C)cc1F. The second-order valence-electron chi connectivity index (χ2n) is 7.54. The number of rotatable bonds is 3. The highest BCUT2D eigenvalue weighted by atomic mass is 19.1. The molecule has 3 rings (SSSR count). The molecule has 2 aliphatic rings. The number of aryl methyl sites for hydroxylation is 1. The summed E-state index contributed by atoms with van der Waals surface area (Å²) in [6.07, 6.45) is 1.62. The summed E-state index contributed by atoms with van der Waals surface area (Å²) in [6.45, 7) is 6.68. The number of ether oxygens (including phenoxy) is 1. The van der Waals surface area contributed by atoms with Crippen LogP contribution in [0.2, 0.25) is 0 Å². The minimum absolute atomic E-state index is 0.0301. The predicted octanol–water partition coefficient (Wildman–Crippen LogP) is 2.60. The smallest absolute Gasteiger partial charge is 0.313 e. The van der Waals surface area contributed by atoms with E-state index < -0.39 is 11.8 Å². The van der Waals surface area contributed by atoms with Crippen molar-refractivity contribution in [3.8, 4) is 0 Å². The van der Waals surface area contributed by atoms with Crippen LogP contribution in [0.4, 0.5) is 10.1 Å². The predicted molar refractivity (Wildman–Crippen MR) is 92.6 cm³/mol. The molecule has 1 N–H and O–H groups in total. The number of hydrogen-bond acceptors (Lipinski definition) is 3.